The Kier molecular flexibility index (Phi) is 4.54. The fourth-order valence-corrected chi connectivity index (χ4v) is 2.43. The van der Waals surface area contributed by atoms with Crippen molar-refractivity contribution in [3.05, 3.63) is 83.4 Å². The minimum atomic E-state index is -0.407. The van der Waals surface area contributed by atoms with E-state index in [9.17, 15) is 9.59 Å². The Morgan fingerprint density at radius 2 is 1.42 bits per heavy atom. The van der Waals surface area contributed by atoms with Crippen LogP contribution in [-0.4, -0.2) is 11.6 Å². The normalized spacial score (nSPS) is 10.0. The van der Waals surface area contributed by atoms with Crippen molar-refractivity contribution < 1.29 is 9.59 Å². The Labute approximate surface area is 141 Å². The van der Waals surface area contributed by atoms with Gasteiger partial charge in [0.25, 0.3) is 0 Å². The molecule has 0 radical (unpaired) electrons. The van der Waals surface area contributed by atoms with Crippen LogP contribution in [0.15, 0.2) is 66.7 Å². The van der Waals surface area contributed by atoms with Gasteiger partial charge in [0, 0.05) is 24.5 Å². The number of rotatable bonds is 3. The van der Waals surface area contributed by atoms with Gasteiger partial charge in [-0.3, -0.25) is 9.59 Å². The Morgan fingerprint density at radius 3 is 2.12 bits per heavy atom. The van der Waals surface area contributed by atoms with Crippen LogP contribution in [0.2, 0.25) is 0 Å². The molecule has 0 saturated heterocycles. The van der Waals surface area contributed by atoms with E-state index in [4.69, 9.17) is 0 Å². The van der Waals surface area contributed by atoms with Gasteiger partial charge in [0.05, 0.1) is 0 Å². The summed E-state index contributed by atoms with van der Waals surface area (Å²) >= 11 is 0. The standard InChI is InChI=1S/C22H16O2/c1-16(23)22(24)15-19-10-7-17(8-11-19)6-9-18-12-13-20-4-2-3-5-21(20)14-18/h2-5,7-8,10-14H,15H2,1H3. The number of fused-ring (bicyclic) bond motifs is 1. The fraction of sp³-hybridized carbons (Fsp3) is 0.0909. The molecule has 0 spiro atoms. The zero-order valence-corrected chi connectivity index (χ0v) is 13.4. The molecule has 0 aromatic heterocycles. The maximum absolute atomic E-state index is 11.4. The lowest BCUT2D eigenvalue weighted by molar-refractivity contribution is -0.134. The van der Waals surface area contributed by atoms with Crippen molar-refractivity contribution in [2.24, 2.45) is 0 Å². The minimum Gasteiger partial charge on any atom is -0.291 e. The van der Waals surface area contributed by atoms with Gasteiger partial charge in [-0.25, -0.2) is 0 Å². The molecule has 2 heteroatoms. The number of ketones is 2. The molecule has 24 heavy (non-hydrogen) atoms. The van der Waals surface area contributed by atoms with Crippen LogP contribution in [0.4, 0.5) is 0 Å². The van der Waals surface area contributed by atoms with E-state index >= 15 is 0 Å². The lowest BCUT2D eigenvalue weighted by atomic mass is 10.0. The van der Waals surface area contributed by atoms with Gasteiger partial charge in [-0.2, -0.15) is 0 Å². The predicted octanol–water partition coefficient (Wildman–Crippen LogP) is 3.94. The molecule has 3 aromatic carbocycles. The molecule has 0 saturated carbocycles. The number of carbonyl (C=O) groups is 2. The lowest BCUT2D eigenvalue weighted by Crippen LogP contribution is -2.12. The summed E-state index contributed by atoms with van der Waals surface area (Å²) in [5.41, 5.74) is 2.66. The molecule has 3 rings (SSSR count). The van der Waals surface area contributed by atoms with E-state index in [0.29, 0.717) is 0 Å². The molecule has 0 bridgehead atoms. The van der Waals surface area contributed by atoms with E-state index in [2.05, 4.69) is 36.1 Å². The first-order chi connectivity index (χ1) is 11.6. The van der Waals surface area contributed by atoms with Gasteiger partial charge >= 0.3 is 0 Å². The Hall–Kier alpha value is -3.18. The second-order valence-electron chi connectivity index (χ2n) is 5.66. The maximum Gasteiger partial charge on any atom is 0.202 e. The van der Waals surface area contributed by atoms with Crippen LogP contribution >= 0.6 is 0 Å². The van der Waals surface area contributed by atoms with E-state index in [1.165, 1.54) is 17.7 Å². The second-order valence-corrected chi connectivity index (χ2v) is 5.66. The summed E-state index contributed by atoms with van der Waals surface area (Å²) in [6.07, 6.45) is 0.147. The third-order valence-electron chi connectivity index (χ3n) is 3.81. The zero-order valence-electron chi connectivity index (χ0n) is 13.4. The molecule has 116 valence electrons. The van der Waals surface area contributed by atoms with Crippen molar-refractivity contribution in [1.29, 1.82) is 0 Å². The summed E-state index contributed by atoms with van der Waals surface area (Å²) in [5.74, 6) is 5.51. The molecule has 0 N–H and O–H groups in total. The molecule has 0 amide bonds. The van der Waals surface area contributed by atoms with Crippen molar-refractivity contribution in [2.45, 2.75) is 13.3 Å². The molecule has 0 unspecified atom stereocenters. The van der Waals surface area contributed by atoms with Gasteiger partial charge in [-0.15, -0.1) is 0 Å². The highest BCUT2D eigenvalue weighted by atomic mass is 16.2. The number of hydrogen-bond acceptors (Lipinski definition) is 2. The average Bonchev–Trinajstić information content (AvgIpc) is 2.61. The molecular formula is C22H16O2. The number of carbonyl (C=O) groups excluding carboxylic acids is 2. The first-order valence-electron chi connectivity index (χ1n) is 7.75. The van der Waals surface area contributed by atoms with E-state index < -0.39 is 5.78 Å². The van der Waals surface area contributed by atoms with Gasteiger partial charge in [-0.05, 0) is 40.6 Å². The first kappa shape index (κ1) is 15.7. The highest BCUT2D eigenvalue weighted by molar-refractivity contribution is 6.36. The molecule has 0 aliphatic carbocycles. The van der Waals surface area contributed by atoms with E-state index in [1.807, 2.05) is 42.5 Å². The van der Waals surface area contributed by atoms with E-state index in [-0.39, 0.29) is 12.2 Å². The largest absolute Gasteiger partial charge is 0.291 e. The number of Topliss-reactive ketones (excluding diaryl/α,β-unsaturated/α-hetero) is 2. The Bertz CT molecular complexity index is 970. The number of benzene rings is 3. The van der Waals surface area contributed by atoms with Crippen LogP contribution in [0.5, 0.6) is 0 Å². The van der Waals surface area contributed by atoms with Crippen LogP contribution in [0, 0.1) is 11.8 Å². The summed E-state index contributed by atoms with van der Waals surface area (Å²) in [5, 5.41) is 2.37. The summed E-state index contributed by atoms with van der Waals surface area (Å²) in [7, 11) is 0. The number of hydrogen-bond donors (Lipinski definition) is 0. The third-order valence-corrected chi connectivity index (χ3v) is 3.81. The molecule has 0 heterocycles. The fourth-order valence-electron chi connectivity index (χ4n) is 2.43. The first-order valence-corrected chi connectivity index (χ1v) is 7.75. The maximum atomic E-state index is 11.4. The zero-order chi connectivity index (χ0) is 16.9. The van der Waals surface area contributed by atoms with Gasteiger partial charge < -0.3 is 0 Å². The van der Waals surface area contributed by atoms with Crippen LogP contribution in [0.1, 0.15) is 23.6 Å². The van der Waals surface area contributed by atoms with Gasteiger partial charge in [0.1, 0.15) is 0 Å². The van der Waals surface area contributed by atoms with Crippen molar-refractivity contribution in [3.63, 3.8) is 0 Å². The Morgan fingerprint density at radius 1 is 0.792 bits per heavy atom. The van der Waals surface area contributed by atoms with Crippen molar-refractivity contribution in [2.75, 3.05) is 0 Å². The third kappa shape index (κ3) is 3.77. The summed E-state index contributed by atoms with van der Waals surface area (Å²) in [6, 6.07) is 21.7. The highest BCUT2D eigenvalue weighted by Gasteiger charge is 2.08. The van der Waals surface area contributed by atoms with Gasteiger partial charge in [0.15, 0.2) is 5.78 Å². The van der Waals surface area contributed by atoms with Crippen LogP contribution in [-0.2, 0) is 16.0 Å². The average molecular weight is 312 g/mol. The smallest absolute Gasteiger partial charge is 0.202 e. The highest BCUT2D eigenvalue weighted by Crippen LogP contribution is 2.15. The van der Waals surface area contributed by atoms with Gasteiger partial charge in [-0.1, -0.05) is 54.3 Å². The lowest BCUT2D eigenvalue weighted by Gasteiger charge is -1.99. The summed E-state index contributed by atoms with van der Waals surface area (Å²) in [4.78, 5) is 22.4. The molecule has 2 nitrogen and oxygen atoms in total. The van der Waals surface area contributed by atoms with E-state index in [1.54, 1.807) is 0 Å². The summed E-state index contributed by atoms with van der Waals surface area (Å²) < 4.78 is 0. The molecule has 0 aliphatic rings. The van der Waals surface area contributed by atoms with Crippen molar-refractivity contribution >= 4 is 22.3 Å². The van der Waals surface area contributed by atoms with Crippen molar-refractivity contribution in [3.8, 4) is 11.8 Å². The SMILES string of the molecule is CC(=O)C(=O)Cc1ccc(C#Cc2ccc3ccccc3c2)cc1. The van der Waals surface area contributed by atoms with E-state index in [0.717, 1.165) is 16.7 Å². The molecule has 3 aromatic rings. The van der Waals surface area contributed by atoms with Crippen molar-refractivity contribution in [1.82, 2.24) is 0 Å². The molecular weight excluding hydrogens is 296 g/mol. The summed E-state index contributed by atoms with van der Waals surface area (Å²) in [6.45, 7) is 1.30. The molecule has 0 atom stereocenters. The quantitative estimate of drug-likeness (QED) is 0.542. The van der Waals surface area contributed by atoms with Crippen LogP contribution in [0.25, 0.3) is 10.8 Å². The Balaban J connectivity index is 1.77. The molecule has 0 aliphatic heterocycles. The van der Waals surface area contributed by atoms with Crippen LogP contribution in [0.3, 0.4) is 0 Å². The minimum absolute atomic E-state index is 0.147. The monoisotopic (exact) mass is 312 g/mol. The topological polar surface area (TPSA) is 34.1 Å². The van der Waals surface area contributed by atoms with Gasteiger partial charge in [0.2, 0.25) is 5.78 Å². The molecule has 0 fully saturated rings. The van der Waals surface area contributed by atoms with Crippen LogP contribution < -0.4 is 0 Å². The predicted molar refractivity (Wildman–Crippen MR) is 95.8 cm³/mol. The second kappa shape index (κ2) is 6.93.